The third-order valence-corrected chi connectivity index (χ3v) is 4.65. The number of benzene rings is 2. The Morgan fingerprint density at radius 2 is 1.76 bits per heavy atom. The maximum Gasteiger partial charge on any atom is 0.412 e. The quantitative estimate of drug-likeness (QED) is 0.341. The molecule has 0 saturated heterocycles. The zero-order valence-electron chi connectivity index (χ0n) is 19.8. The minimum atomic E-state index is -0.938. The number of ether oxygens (including phenoxy) is 2. The third-order valence-electron chi connectivity index (χ3n) is 4.65. The maximum atomic E-state index is 12.1. The van der Waals surface area contributed by atoms with Gasteiger partial charge in [0.15, 0.2) is 0 Å². The summed E-state index contributed by atoms with van der Waals surface area (Å²) in [5.74, 6) is -0.923. The zero-order chi connectivity index (χ0) is 24.6. The van der Waals surface area contributed by atoms with E-state index in [1.165, 1.54) is 0 Å². The minimum absolute atomic E-state index is 0.0419. The first kappa shape index (κ1) is 25.7. The molecule has 8 nitrogen and oxygen atoms in total. The molecule has 8 heteroatoms. The van der Waals surface area contributed by atoms with Crippen LogP contribution < -0.4 is 15.4 Å². The number of nitrogens with one attached hydrogen (secondary N) is 2. The molecule has 33 heavy (non-hydrogen) atoms. The molecule has 0 atom stereocenters. The standard InChI is InChI=1S/C25H32N2O6/c1-16-12-13-20(17(2)23(16)32-22(30)11-7-10-21(28)29)26-15-18-8-6-9-19(14-18)27-24(31)33-25(3,4)5/h6,8-9,12-14,26H,7,10-11,15H2,1-5H3,(H,27,31)(H,28,29). The second kappa shape index (κ2) is 11.4. The number of hydrogen-bond acceptors (Lipinski definition) is 6. The van der Waals surface area contributed by atoms with Crippen molar-refractivity contribution < 1.29 is 29.0 Å². The second-order valence-corrected chi connectivity index (χ2v) is 8.79. The van der Waals surface area contributed by atoms with Crippen molar-refractivity contribution in [2.45, 2.75) is 66.0 Å². The van der Waals surface area contributed by atoms with Gasteiger partial charge in [0.25, 0.3) is 0 Å². The number of hydrogen-bond donors (Lipinski definition) is 3. The number of carbonyl (C=O) groups is 3. The molecule has 0 radical (unpaired) electrons. The Balaban J connectivity index is 2.02. The molecule has 0 fully saturated rings. The Labute approximate surface area is 194 Å². The normalized spacial score (nSPS) is 10.9. The van der Waals surface area contributed by atoms with Crippen LogP contribution in [0.2, 0.25) is 0 Å². The summed E-state index contributed by atoms with van der Waals surface area (Å²) in [5.41, 5.74) is 3.39. The number of amides is 1. The van der Waals surface area contributed by atoms with E-state index < -0.39 is 23.6 Å². The van der Waals surface area contributed by atoms with Crippen LogP contribution in [-0.4, -0.2) is 28.7 Å². The Hall–Kier alpha value is -3.55. The van der Waals surface area contributed by atoms with Gasteiger partial charge in [0, 0.05) is 36.3 Å². The van der Waals surface area contributed by atoms with Crippen molar-refractivity contribution >= 4 is 29.4 Å². The average molecular weight is 457 g/mol. The predicted molar refractivity (Wildman–Crippen MR) is 127 cm³/mol. The molecule has 2 aromatic carbocycles. The predicted octanol–water partition coefficient (Wildman–Crippen LogP) is 5.42. The molecule has 2 aromatic rings. The molecule has 0 aliphatic rings. The summed E-state index contributed by atoms with van der Waals surface area (Å²) in [6.07, 6.45) is -0.314. The lowest BCUT2D eigenvalue weighted by molar-refractivity contribution is -0.137. The average Bonchev–Trinajstić information content (AvgIpc) is 2.69. The molecule has 0 saturated carbocycles. The van der Waals surface area contributed by atoms with Crippen molar-refractivity contribution in [2.75, 3.05) is 10.6 Å². The lowest BCUT2D eigenvalue weighted by Crippen LogP contribution is -2.27. The van der Waals surface area contributed by atoms with Gasteiger partial charge in [0.1, 0.15) is 11.4 Å². The molecular formula is C25H32N2O6. The highest BCUT2D eigenvalue weighted by atomic mass is 16.6. The molecule has 0 spiro atoms. The van der Waals surface area contributed by atoms with Crippen LogP contribution in [0, 0.1) is 13.8 Å². The molecule has 0 aromatic heterocycles. The maximum absolute atomic E-state index is 12.1. The number of aryl methyl sites for hydroxylation is 1. The highest BCUT2D eigenvalue weighted by Gasteiger charge is 2.16. The number of esters is 1. The second-order valence-electron chi connectivity index (χ2n) is 8.79. The van der Waals surface area contributed by atoms with Gasteiger partial charge in [-0.1, -0.05) is 18.2 Å². The summed E-state index contributed by atoms with van der Waals surface area (Å²) in [7, 11) is 0. The lowest BCUT2D eigenvalue weighted by Gasteiger charge is -2.20. The van der Waals surface area contributed by atoms with Crippen LogP contribution in [0.5, 0.6) is 5.75 Å². The van der Waals surface area contributed by atoms with Crippen molar-refractivity contribution in [2.24, 2.45) is 0 Å². The van der Waals surface area contributed by atoms with Gasteiger partial charge < -0.3 is 19.9 Å². The van der Waals surface area contributed by atoms with E-state index in [0.29, 0.717) is 18.0 Å². The van der Waals surface area contributed by atoms with Gasteiger partial charge in [-0.2, -0.15) is 0 Å². The van der Waals surface area contributed by atoms with Crippen LogP contribution in [-0.2, 0) is 20.9 Å². The number of anilines is 2. The summed E-state index contributed by atoms with van der Waals surface area (Å²) in [6.45, 7) is 9.60. The van der Waals surface area contributed by atoms with Gasteiger partial charge in [-0.3, -0.25) is 14.9 Å². The molecule has 0 aliphatic heterocycles. The van der Waals surface area contributed by atoms with Gasteiger partial charge in [0.2, 0.25) is 0 Å². The van der Waals surface area contributed by atoms with Gasteiger partial charge in [0.05, 0.1) is 0 Å². The number of aliphatic carboxylic acids is 1. The van der Waals surface area contributed by atoms with Crippen molar-refractivity contribution in [1.29, 1.82) is 0 Å². The Morgan fingerprint density at radius 3 is 2.42 bits per heavy atom. The first-order valence-electron chi connectivity index (χ1n) is 10.8. The first-order chi connectivity index (χ1) is 15.4. The van der Waals surface area contributed by atoms with Gasteiger partial charge in [-0.05, 0) is 70.4 Å². The van der Waals surface area contributed by atoms with Crippen molar-refractivity contribution in [3.05, 3.63) is 53.1 Å². The molecule has 0 bridgehead atoms. The van der Waals surface area contributed by atoms with E-state index in [1.54, 1.807) is 26.8 Å². The number of carbonyl (C=O) groups excluding carboxylic acids is 2. The van der Waals surface area contributed by atoms with E-state index in [2.05, 4.69) is 10.6 Å². The SMILES string of the molecule is Cc1ccc(NCc2cccc(NC(=O)OC(C)(C)C)c2)c(C)c1OC(=O)CCCC(=O)O. The number of rotatable bonds is 9. The summed E-state index contributed by atoms with van der Waals surface area (Å²) in [4.78, 5) is 34.7. The fourth-order valence-electron chi connectivity index (χ4n) is 3.10. The van der Waals surface area contributed by atoms with Crippen molar-refractivity contribution in [3.63, 3.8) is 0 Å². The van der Waals surface area contributed by atoms with Crippen molar-refractivity contribution in [1.82, 2.24) is 0 Å². The molecule has 2 rings (SSSR count). The minimum Gasteiger partial charge on any atom is -0.481 e. The number of carboxylic acid groups (broad SMARTS) is 1. The highest BCUT2D eigenvalue weighted by Crippen LogP contribution is 2.30. The van der Waals surface area contributed by atoms with E-state index in [1.807, 2.05) is 44.2 Å². The smallest absolute Gasteiger partial charge is 0.412 e. The molecule has 0 heterocycles. The first-order valence-corrected chi connectivity index (χ1v) is 10.8. The molecule has 0 unspecified atom stereocenters. The van der Waals surface area contributed by atoms with Crippen LogP contribution >= 0.6 is 0 Å². The van der Waals surface area contributed by atoms with E-state index in [-0.39, 0.29) is 19.3 Å². The van der Waals surface area contributed by atoms with Gasteiger partial charge >= 0.3 is 18.0 Å². The highest BCUT2D eigenvalue weighted by molar-refractivity contribution is 5.85. The van der Waals surface area contributed by atoms with E-state index in [9.17, 15) is 14.4 Å². The summed E-state index contributed by atoms with van der Waals surface area (Å²) in [6, 6.07) is 11.2. The Morgan fingerprint density at radius 1 is 1.03 bits per heavy atom. The fourth-order valence-corrected chi connectivity index (χ4v) is 3.10. The monoisotopic (exact) mass is 456 g/mol. The topological polar surface area (TPSA) is 114 Å². The molecule has 3 N–H and O–H groups in total. The van der Waals surface area contributed by atoms with Gasteiger partial charge in [-0.25, -0.2) is 4.79 Å². The largest absolute Gasteiger partial charge is 0.481 e. The molecule has 1 amide bonds. The van der Waals surface area contributed by atoms with Crippen molar-refractivity contribution in [3.8, 4) is 5.75 Å². The summed E-state index contributed by atoms with van der Waals surface area (Å²) in [5, 5.41) is 14.8. The summed E-state index contributed by atoms with van der Waals surface area (Å²) >= 11 is 0. The van der Waals surface area contributed by atoms with Crippen LogP contribution in [0.25, 0.3) is 0 Å². The van der Waals surface area contributed by atoms with E-state index in [4.69, 9.17) is 14.6 Å². The van der Waals surface area contributed by atoms with Crippen LogP contribution in [0.4, 0.5) is 16.2 Å². The molecule has 0 aliphatic carbocycles. The Bertz CT molecular complexity index is 1010. The Kier molecular flexibility index (Phi) is 8.85. The van der Waals surface area contributed by atoms with Crippen LogP contribution in [0.1, 0.15) is 56.7 Å². The number of carboxylic acids is 1. The van der Waals surface area contributed by atoms with E-state index in [0.717, 1.165) is 22.4 Å². The van der Waals surface area contributed by atoms with Gasteiger partial charge in [-0.15, -0.1) is 0 Å². The van der Waals surface area contributed by atoms with Crippen LogP contribution in [0.15, 0.2) is 36.4 Å². The molecule has 178 valence electrons. The zero-order valence-corrected chi connectivity index (χ0v) is 19.8. The third kappa shape index (κ3) is 8.84. The van der Waals surface area contributed by atoms with Crippen LogP contribution in [0.3, 0.4) is 0 Å². The van der Waals surface area contributed by atoms with E-state index >= 15 is 0 Å². The fraction of sp³-hybridized carbons (Fsp3) is 0.400. The summed E-state index contributed by atoms with van der Waals surface area (Å²) < 4.78 is 10.8. The molecular weight excluding hydrogens is 424 g/mol. The lowest BCUT2D eigenvalue weighted by atomic mass is 10.1.